The fourth-order valence-electron chi connectivity index (χ4n) is 1.30. The Bertz CT molecular complexity index is 595. The first-order chi connectivity index (χ1) is 8.72. The van der Waals surface area contributed by atoms with Crippen molar-refractivity contribution in [2.75, 3.05) is 0 Å². The fourth-order valence-corrected chi connectivity index (χ4v) is 1.49. The Morgan fingerprint density at radius 2 is 2.00 bits per heavy atom. The number of hydrogen-bond acceptors (Lipinski definition) is 4. The van der Waals surface area contributed by atoms with Crippen LogP contribution >= 0.6 is 11.6 Å². The molecule has 0 bridgehead atoms. The van der Waals surface area contributed by atoms with E-state index in [0.29, 0.717) is 10.6 Å². The summed E-state index contributed by atoms with van der Waals surface area (Å²) in [5.41, 5.74) is 2.94. The lowest BCUT2D eigenvalue weighted by molar-refractivity contribution is -0.190. The topological polar surface area (TPSA) is 64.9 Å². The van der Waals surface area contributed by atoms with Crippen LogP contribution in [-0.2, 0) is 5.54 Å². The second kappa shape index (κ2) is 4.50. The van der Waals surface area contributed by atoms with Crippen LogP contribution in [0.4, 0.5) is 13.2 Å². The van der Waals surface area contributed by atoms with E-state index < -0.39 is 17.6 Å². The summed E-state index contributed by atoms with van der Waals surface area (Å²) in [5, 5.41) is 3.89. The largest absolute Gasteiger partial charge is 0.415 e. The standard InChI is InChI=1S/C11H9ClF3N3O/c1-10(16,11(13,14)15)9-17-8(18-19-9)6-3-2-4-7(12)5-6/h2-5H,16H2,1H3. The van der Waals surface area contributed by atoms with E-state index in [4.69, 9.17) is 17.3 Å². The molecule has 19 heavy (non-hydrogen) atoms. The molecule has 0 aliphatic carbocycles. The molecule has 0 fully saturated rings. The van der Waals surface area contributed by atoms with E-state index in [1.54, 1.807) is 18.2 Å². The minimum absolute atomic E-state index is 0.00146. The van der Waals surface area contributed by atoms with E-state index in [9.17, 15) is 13.2 Å². The Labute approximate surface area is 111 Å². The molecule has 1 heterocycles. The summed E-state index contributed by atoms with van der Waals surface area (Å²) in [6.07, 6.45) is -4.69. The molecule has 0 aliphatic heterocycles. The van der Waals surface area contributed by atoms with Crippen molar-refractivity contribution in [1.29, 1.82) is 0 Å². The molecule has 0 saturated heterocycles. The highest BCUT2D eigenvalue weighted by molar-refractivity contribution is 6.30. The highest BCUT2D eigenvalue weighted by atomic mass is 35.5. The van der Waals surface area contributed by atoms with Gasteiger partial charge in [0.2, 0.25) is 5.82 Å². The van der Waals surface area contributed by atoms with Crippen LogP contribution in [0.1, 0.15) is 12.8 Å². The van der Waals surface area contributed by atoms with Crippen LogP contribution in [0.25, 0.3) is 11.4 Å². The predicted octanol–water partition coefficient (Wildman–Crippen LogP) is 3.13. The van der Waals surface area contributed by atoms with Gasteiger partial charge in [0, 0.05) is 10.6 Å². The summed E-state index contributed by atoms with van der Waals surface area (Å²) in [7, 11) is 0. The minimum Gasteiger partial charge on any atom is -0.337 e. The molecule has 2 N–H and O–H groups in total. The lowest BCUT2D eigenvalue weighted by Gasteiger charge is -2.22. The molecule has 0 radical (unpaired) electrons. The molecule has 1 aromatic carbocycles. The van der Waals surface area contributed by atoms with Gasteiger partial charge in [-0.15, -0.1) is 0 Å². The number of halogens is 4. The average molecular weight is 292 g/mol. The van der Waals surface area contributed by atoms with Crippen LogP contribution in [-0.4, -0.2) is 16.3 Å². The van der Waals surface area contributed by atoms with Gasteiger partial charge < -0.3 is 10.3 Å². The van der Waals surface area contributed by atoms with Crippen LogP contribution in [0.2, 0.25) is 5.02 Å². The third-order valence-electron chi connectivity index (χ3n) is 2.54. The van der Waals surface area contributed by atoms with Gasteiger partial charge in [0.05, 0.1) is 0 Å². The third kappa shape index (κ3) is 2.57. The summed E-state index contributed by atoms with van der Waals surface area (Å²) >= 11 is 5.77. The molecule has 1 unspecified atom stereocenters. The molecule has 8 heteroatoms. The van der Waals surface area contributed by atoms with Gasteiger partial charge in [-0.25, -0.2) is 0 Å². The van der Waals surface area contributed by atoms with Crippen molar-refractivity contribution in [1.82, 2.24) is 10.1 Å². The van der Waals surface area contributed by atoms with Crippen LogP contribution in [0.15, 0.2) is 28.8 Å². The normalized spacial score (nSPS) is 15.3. The van der Waals surface area contributed by atoms with E-state index >= 15 is 0 Å². The van der Waals surface area contributed by atoms with E-state index in [1.807, 2.05) is 0 Å². The first-order valence-electron chi connectivity index (χ1n) is 5.17. The van der Waals surface area contributed by atoms with E-state index in [-0.39, 0.29) is 5.82 Å². The quantitative estimate of drug-likeness (QED) is 0.923. The second-order valence-corrected chi connectivity index (χ2v) is 4.57. The summed E-state index contributed by atoms with van der Waals surface area (Å²) in [6, 6.07) is 6.35. The number of aromatic nitrogens is 2. The lowest BCUT2D eigenvalue weighted by atomic mass is 10.0. The molecule has 0 amide bonds. The Kier molecular flexibility index (Phi) is 3.27. The number of hydrogen-bond donors (Lipinski definition) is 1. The Morgan fingerprint density at radius 3 is 2.58 bits per heavy atom. The zero-order valence-corrected chi connectivity index (χ0v) is 10.5. The van der Waals surface area contributed by atoms with E-state index in [2.05, 4.69) is 14.7 Å². The summed E-state index contributed by atoms with van der Waals surface area (Å²) in [6.45, 7) is 0.766. The van der Waals surface area contributed by atoms with Crippen molar-refractivity contribution >= 4 is 11.6 Å². The van der Waals surface area contributed by atoms with Gasteiger partial charge in [0.1, 0.15) is 0 Å². The molecular formula is C11H9ClF3N3O. The van der Waals surface area contributed by atoms with Crippen molar-refractivity contribution in [3.63, 3.8) is 0 Å². The van der Waals surface area contributed by atoms with Crippen molar-refractivity contribution in [2.45, 2.75) is 18.6 Å². The Morgan fingerprint density at radius 1 is 1.32 bits per heavy atom. The van der Waals surface area contributed by atoms with Crippen LogP contribution < -0.4 is 5.73 Å². The number of nitrogens with two attached hydrogens (primary N) is 1. The molecule has 2 aromatic rings. The maximum atomic E-state index is 12.7. The van der Waals surface area contributed by atoms with Gasteiger partial charge in [-0.3, -0.25) is 0 Å². The highest BCUT2D eigenvalue weighted by Gasteiger charge is 2.53. The van der Waals surface area contributed by atoms with Crippen molar-refractivity contribution in [3.05, 3.63) is 35.2 Å². The maximum Gasteiger partial charge on any atom is 0.415 e. The van der Waals surface area contributed by atoms with Crippen LogP contribution in [0.3, 0.4) is 0 Å². The molecule has 102 valence electrons. The first kappa shape index (κ1) is 13.8. The predicted molar refractivity (Wildman–Crippen MR) is 62.3 cm³/mol. The van der Waals surface area contributed by atoms with Gasteiger partial charge in [-0.1, -0.05) is 28.9 Å². The van der Waals surface area contributed by atoms with Gasteiger partial charge in [-0.2, -0.15) is 18.2 Å². The summed E-state index contributed by atoms with van der Waals surface area (Å²) in [4.78, 5) is 3.68. The van der Waals surface area contributed by atoms with Crippen molar-refractivity contribution < 1.29 is 17.7 Å². The lowest BCUT2D eigenvalue weighted by Crippen LogP contribution is -2.47. The summed E-state index contributed by atoms with van der Waals surface area (Å²) < 4.78 is 42.8. The Hall–Kier alpha value is -1.60. The minimum atomic E-state index is -4.69. The SMILES string of the molecule is CC(N)(c1nc(-c2cccc(Cl)c2)no1)C(F)(F)F. The second-order valence-electron chi connectivity index (χ2n) is 4.13. The molecule has 4 nitrogen and oxygen atoms in total. The zero-order chi connectivity index (χ0) is 14.3. The average Bonchev–Trinajstić information content (AvgIpc) is 2.77. The van der Waals surface area contributed by atoms with Gasteiger partial charge in [-0.05, 0) is 19.1 Å². The third-order valence-corrected chi connectivity index (χ3v) is 2.78. The van der Waals surface area contributed by atoms with Gasteiger partial charge in [0.25, 0.3) is 5.89 Å². The molecule has 1 aromatic heterocycles. The molecule has 2 rings (SSSR count). The molecule has 0 saturated carbocycles. The summed E-state index contributed by atoms with van der Waals surface area (Å²) in [5.74, 6) is -0.701. The zero-order valence-electron chi connectivity index (χ0n) is 9.70. The Balaban J connectivity index is 2.40. The van der Waals surface area contributed by atoms with E-state index in [0.717, 1.165) is 6.92 Å². The number of alkyl halides is 3. The van der Waals surface area contributed by atoms with Crippen molar-refractivity contribution in [3.8, 4) is 11.4 Å². The number of rotatable bonds is 2. The number of nitrogens with zero attached hydrogens (tertiary/aromatic N) is 2. The van der Waals surface area contributed by atoms with Crippen molar-refractivity contribution in [2.24, 2.45) is 5.73 Å². The molecule has 1 atom stereocenters. The molecule has 0 spiro atoms. The monoisotopic (exact) mass is 291 g/mol. The molecule has 0 aliphatic rings. The first-order valence-corrected chi connectivity index (χ1v) is 5.55. The van der Waals surface area contributed by atoms with Gasteiger partial charge in [0.15, 0.2) is 5.54 Å². The highest BCUT2D eigenvalue weighted by Crippen LogP contribution is 2.36. The number of benzene rings is 1. The van der Waals surface area contributed by atoms with Gasteiger partial charge >= 0.3 is 6.18 Å². The van der Waals surface area contributed by atoms with Crippen LogP contribution in [0, 0.1) is 0 Å². The smallest absolute Gasteiger partial charge is 0.337 e. The fraction of sp³-hybridized carbons (Fsp3) is 0.273. The van der Waals surface area contributed by atoms with Crippen LogP contribution in [0.5, 0.6) is 0 Å². The molecular weight excluding hydrogens is 283 g/mol. The van der Waals surface area contributed by atoms with E-state index in [1.165, 1.54) is 6.07 Å². The maximum absolute atomic E-state index is 12.7.